The molecule has 0 aliphatic heterocycles. The zero-order valence-corrected chi connectivity index (χ0v) is 24.7. The van der Waals surface area contributed by atoms with Crippen LogP contribution in [0, 0.1) is 23.7 Å². The van der Waals surface area contributed by atoms with E-state index in [0.29, 0.717) is 11.1 Å². The van der Waals surface area contributed by atoms with Crippen molar-refractivity contribution in [2.45, 2.75) is 73.3 Å². The topological polar surface area (TPSA) is 91.7 Å². The number of allylic oxidation sites excluding steroid dienone is 3. The predicted octanol–water partition coefficient (Wildman–Crippen LogP) is 7.08. The predicted molar refractivity (Wildman–Crippen MR) is 157 cm³/mol. The van der Waals surface area contributed by atoms with Gasteiger partial charge < -0.3 is 10.2 Å². The van der Waals surface area contributed by atoms with Crippen LogP contribution in [0.3, 0.4) is 0 Å². The molecule has 5 rings (SSSR count). The normalized spacial score (nSPS) is 31.5. The fraction of sp³-hybridized carbons (Fsp3) is 0.400. The van der Waals surface area contributed by atoms with E-state index in [-0.39, 0.29) is 29.3 Å². The summed E-state index contributed by atoms with van der Waals surface area (Å²) in [5.41, 5.74) is 2.18. The number of Topliss-reactive ketones (excluding diaryl/α,β-unsaturated/α-hetero) is 3. The van der Waals surface area contributed by atoms with Crippen LogP contribution in [-0.4, -0.2) is 33.2 Å². The summed E-state index contributed by atoms with van der Waals surface area (Å²) >= 11 is 0. The summed E-state index contributed by atoms with van der Waals surface area (Å²) in [6.07, 6.45) is 0.243. The van der Waals surface area contributed by atoms with E-state index < -0.39 is 39.7 Å². The molecule has 3 aliphatic rings. The van der Waals surface area contributed by atoms with E-state index in [0.717, 1.165) is 33.4 Å². The molecule has 2 aromatic rings. The van der Waals surface area contributed by atoms with E-state index >= 15 is 0 Å². The van der Waals surface area contributed by atoms with E-state index in [1.165, 1.54) is 6.92 Å². The second kappa shape index (κ2) is 8.71. The van der Waals surface area contributed by atoms with Crippen LogP contribution in [0.25, 0.3) is 16.7 Å². The Morgan fingerprint density at radius 1 is 1.05 bits per heavy atom. The van der Waals surface area contributed by atoms with Gasteiger partial charge in [-0.25, -0.2) is 0 Å². The lowest BCUT2D eigenvalue weighted by Crippen LogP contribution is -2.67. The summed E-state index contributed by atoms with van der Waals surface area (Å²) in [5.74, 6) is -2.92. The van der Waals surface area contributed by atoms with Crippen LogP contribution in [0.5, 0.6) is 0 Å². The quantitative estimate of drug-likeness (QED) is 0.408. The van der Waals surface area contributed by atoms with Crippen molar-refractivity contribution in [1.82, 2.24) is 0 Å². The first-order valence-electron chi connectivity index (χ1n) is 13.9. The Kier molecular flexibility index (Phi) is 6.09. The van der Waals surface area contributed by atoms with E-state index in [4.69, 9.17) is 0 Å². The Hall–Kier alpha value is -3.57. The number of hydrogen-bond acceptors (Lipinski definition) is 5. The molecule has 0 amide bonds. The molecule has 0 fully saturated rings. The molecule has 0 saturated carbocycles. The van der Waals surface area contributed by atoms with Crippen molar-refractivity contribution in [2.24, 2.45) is 16.7 Å². The SMILES string of the molecule is C=C(C)c1cccc(-c2ccc(C)c3c2[C@@H](C)[C@@]2(C)C(=C(O)[C@@]4(O)C(=O)C(C(C)=O)=C(C)C[C@@]4(C)[C@@H]2C)C3=O)c1. The van der Waals surface area contributed by atoms with Gasteiger partial charge in [-0.05, 0) is 79.8 Å². The number of rotatable bonds is 3. The molecule has 0 heterocycles. The monoisotopic (exact) mass is 538 g/mol. The van der Waals surface area contributed by atoms with Gasteiger partial charge in [-0.2, -0.15) is 0 Å². The maximum atomic E-state index is 14.5. The summed E-state index contributed by atoms with van der Waals surface area (Å²) in [6, 6.07) is 12.1. The van der Waals surface area contributed by atoms with Gasteiger partial charge in [0, 0.05) is 22.0 Å². The van der Waals surface area contributed by atoms with Crippen LogP contribution in [0.4, 0.5) is 0 Å². The van der Waals surface area contributed by atoms with Gasteiger partial charge in [0.05, 0.1) is 5.57 Å². The fourth-order valence-electron chi connectivity index (χ4n) is 8.07. The standard InChI is InChI=1S/C35H38O5/c1-17(2)23-11-10-12-24(15-23)25-14-13-18(3)27-28(25)20(5)34(9)22(7)33(8)16-19(4)26(21(6)36)31(38)35(33,40)32(39)29(34)30(27)37/h10-15,20,22,39-40H,1,16H2,2-9H3/t20-,22+,33+,34-,35+/m1/s1. The van der Waals surface area contributed by atoms with E-state index in [2.05, 4.69) is 25.6 Å². The Morgan fingerprint density at radius 3 is 2.30 bits per heavy atom. The molecule has 3 aliphatic carbocycles. The van der Waals surface area contributed by atoms with Crippen LogP contribution in [0.2, 0.25) is 0 Å². The maximum Gasteiger partial charge on any atom is 0.206 e. The van der Waals surface area contributed by atoms with Gasteiger partial charge in [0.15, 0.2) is 17.2 Å². The molecule has 0 spiro atoms. The molecule has 0 unspecified atom stereocenters. The largest absolute Gasteiger partial charge is 0.508 e. The first kappa shape index (κ1) is 28.0. The molecule has 5 heteroatoms. The lowest BCUT2D eigenvalue weighted by Gasteiger charge is -2.62. The fourth-order valence-corrected chi connectivity index (χ4v) is 8.07. The first-order valence-corrected chi connectivity index (χ1v) is 13.9. The number of carbonyl (C=O) groups excluding carboxylic acids is 3. The number of ketones is 3. The third-order valence-corrected chi connectivity index (χ3v) is 10.7. The zero-order valence-electron chi connectivity index (χ0n) is 24.7. The molecule has 0 radical (unpaired) electrons. The zero-order chi connectivity index (χ0) is 29.7. The second-order valence-corrected chi connectivity index (χ2v) is 12.7. The number of hydrogen-bond donors (Lipinski definition) is 2. The van der Waals surface area contributed by atoms with Gasteiger partial charge in [0.1, 0.15) is 5.76 Å². The summed E-state index contributed by atoms with van der Waals surface area (Å²) in [5, 5.41) is 24.1. The number of benzene rings is 2. The van der Waals surface area contributed by atoms with Crippen LogP contribution in [0.15, 0.2) is 65.5 Å². The smallest absolute Gasteiger partial charge is 0.206 e. The summed E-state index contributed by atoms with van der Waals surface area (Å²) in [4.78, 5) is 40.8. The Labute approximate surface area is 236 Å². The van der Waals surface area contributed by atoms with Crippen molar-refractivity contribution in [3.63, 3.8) is 0 Å². The maximum absolute atomic E-state index is 14.5. The summed E-state index contributed by atoms with van der Waals surface area (Å²) in [7, 11) is 0. The minimum Gasteiger partial charge on any atom is -0.508 e. The Bertz CT molecular complexity index is 1620. The number of carbonyl (C=O) groups is 3. The van der Waals surface area contributed by atoms with Crippen LogP contribution >= 0.6 is 0 Å². The highest BCUT2D eigenvalue weighted by molar-refractivity contribution is 6.25. The van der Waals surface area contributed by atoms with Gasteiger partial charge in [0.2, 0.25) is 5.78 Å². The molecule has 5 nitrogen and oxygen atoms in total. The third kappa shape index (κ3) is 3.21. The highest BCUT2D eigenvalue weighted by atomic mass is 16.3. The van der Waals surface area contributed by atoms with Gasteiger partial charge in [-0.3, -0.25) is 14.4 Å². The van der Waals surface area contributed by atoms with Gasteiger partial charge in [-0.15, -0.1) is 0 Å². The highest BCUT2D eigenvalue weighted by Crippen LogP contribution is 2.68. The number of aliphatic hydroxyl groups excluding tert-OH is 1. The molecule has 2 N–H and O–H groups in total. The molecule has 5 atom stereocenters. The molecule has 208 valence electrons. The van der Waals surface area contributed by atoms with Crippen LogP contribution < -0.4 is 0 Å². The van der Waals surface area contributed by atoms with Crippen LogP contribution in [0.1, 0.15) is 87.9 Å². The lowest BCUT2D eigenvalue weighted by molar-refractivity contribution is -0.169. The number of aryl methyl sites for hydroxylation is 1. The third-order valence-electron chi connectivity index (χ3n) is 10.7. The van der Waals surface area contributed by atoms with Crippen molar-refractivity contribution in [3.8, 4) is 11.1 Å². The minimum absolute atomic E-state index is 0.0757. The van der Waals surface area contributed by atoms with E-state index in [1.807, 2.05) is 52.0 Å². The molecule has 40 heavy (non-hydrogen) atoms. The highest BCUT2D eigenvalue weighted by Gasteiger charge is 2.71. The van der Waals surface area contributed by atoms with Crippen molar-refractivity contribution < 1.29 is 24.6 Å². The van der Waals surface area contributed by atoms with Crippen molar-refractivity contribution in [3.05, 3.63) is 87.7 Å². The first-order chi connectivity index (χ1) is 18.5. The number of fused-ring (bicyclic) bond motifs is 3. The molecule has 0 aromatic heterocycles. The Morgan fingerprint density at radius 2 is 1.70 bits per heavy atom. The molecule has 0 saturated heterocycles. The molecular weight excluding hydrogens is 500 g/mol. The average Bonchev–Trinajstić information content (AvgIpc) is 2.88. The van der Waals surface area contributed by atoms with E-state index in [1.54, 1.807) is 13.8 Å². The van der Waals surface area contributed by atoms with Crippen molar-refractivity contribution in [1.29, 1.82) is 0 Å². The number of aliphatic hydroxyl groups is 2. The molecule has 0 bridgehead atoms. The average molecular weight is 539 g/mol. The van der Waals surface area contributed by atoms with Crippen molar-refractivity contribution in [2.75, 3.05) is 0 Å². The second-order valence-electron chi connectivity index (χ2n) is 12.7. The van der Waals surface area contributed by atoms with Crippen LogP contribution in [-0.2, 0) is 9.59 Å². The lowest BCUT2D eigenvalue weighted by atomic mass is 9.41. The van der Waals surface area contributed by atoms with E-state index in [9.17, 15) is 24.6 Å². The summed E-state index contributed by atoms with van der Waals surface area (Å²) in [6.45, 7) is 18.8. The minimum atomic E-state index is -2.38. The van der Waals surface area contributed by atoms with Gasteiger partial charge >= 0.3 is 0 Å². The Balaban J connectivity index is 1.84. The van der Waals surface area contributed by atoms with Gasteiger partial charge in [-0.1, -0.05) is 75.8 Å². The van der Waals surface area contributed by atoms with Crippen molar-refractivity contribution >= 4 is 22.9 Å². The summed E-state index contributed by atoms with van der Waals surface area (Å²) < 4.78 is 0. The molecule has 2 aromatic carbocycles. The molecular formula is C35H38O5. The van der Waals surface area contributed by atoms with Gasteiger partial charge in [0.25, 0.3) is 0 Å².